The van der Waals surface area contributed by atoms with Crippen LogP contribution in [0.3, 0.4) is 0 Å². The lowest BCUT2D eigenvalue weighted by atomic mass is 10.1. The molecule has 7 heteroatoms. The summed E-state index contributed by atoms with van der Waals surface area (Å²) in [5, 5.41) is 8.64. The molecule has 0 aromatic heterocycles. The van der Waals surface area contributed by atoms with Gasteiger partial charge in [0, 0.05) is 25.2 Å². The number of hydrogen-bond donors (Lipinski definition) is 3. The van der Waals surface area contributed by atoms with Crippen LogP contribution in [0, 0.1) is 0 Å². The van der Waals surface area contributed by atoms with E-state index in [2.05, 4.69) is 20.9 Å². The van der Waals surface area contributed by atoms with Crippen LogP contribution in [0.5, 0.6) is 11.5 Å². The van der Waals surface area contributed by atoms with Crippen molar-refractivity contribution in [2.24, 2.45) is 0 Å². The number of anilines is 1. The predicted molar refractivity (Wildman–Crippen MR) is 138 cm³/mol. The highest BCUT2D eigenvalue weighted by molar-refractivity contribution is 5.93. The van der Waals surface area contributed by atoms with E-state index in [-0.39, 0.29) is 5.91 Å². The third-order valence-corrected chi connectivity index (χ3v) is 5.92. The van der Waals surface area contributed by atoms with Crippen molar-refractivity contribution in [2.75, 3.05) is 31.5 Å². The van der Waals surface area contributed by atoms with Crippen molar-refractivity contribution in [3.05, 3.63) is 90.5 Å². The molecule has 4 rings (SSSR count). The molecule has 0 bridgehead atoms. The van der Waals surface area contributed by atoms with E-state index in [1.54, 1.807) is 24.3 Å². The van der Waals surface area contributed by atoms with Crippen LogP contribution >= 0.6 is 0 Å². The quantitative estimate of drug-likeness (QED) is 0.408. The number of likely N-dealkylation sites (tertiary alicyclic amines) is 1. The van der Waals surface area contributed by atoms with Gasteiger partial charge in [-0.3, -0.25) is 4.79 Å². The zero-order chi connectivity index (χ0) is 24.3. The van der Waals surface area contributed by atoms with Crippen molar-refractivity contribution >= 4 is 17.6 Å². The smallest absolute Gasteiger partial charge is 0.319 e. The van der Waals surface area contributed by atoms with E-state index in [4.69, 9.17) is 4.74 Å². The van der Waals surface area contributed by atoms with E-state index in [1.165, 1.54) is 12.8 Å². The van der Waals surface area contributed by atoms with Crippen LogP contribution in [0.1, 0.15) is 18.4 Å². The Morgan fingerprint density at radius 3 is 2.14 bits per heavy atom. The molecule has 35 heavy (non-hydrogen) atoms. The fraction of sp³-hybridized carbons (Fsp3) is 0.286. The second kappa shape index (κ2) is 12.6. The van der Waals surface area contributed by atoms with Crippen LogP contribution in [0.25, 0.3) is 0 Å². The Kier molecular flexibility index (Phi) is 8.73. The van der Waals surface area contributed by atoms with E-state index >= 15 is 0 Å². The molecule has 1 heterocycles. The van der Waals surface area contributed by atoms with Gasteiger partial charge in [-0.05, 0) is 67.9 Å². The molecule has 1 saturated heterocycles. The first-order chi connectivity index (χ1) is 17.2. The second-order valence-electron chi connectivity index (χ2n) is 8.62. The maximum atomic E-state index is 12.9. The molecule has 1 fully saturated rings. The molecule has 3 amide bonds. The number of nitrogens with one attached hydrogen (secondary N) is 3. The van der Waals surface area contributed by atoms with Gasteiger partial charge in [-0.25, -0.2) is 4.79 Å². The fourth-order valence-corrected chi connectivity index (χ4v) is 4.08. The lowest BCUT2D eigenvalue weighted by Crippen LogP contribution is -2.50. The minimum atomic E-state index is -0.684. The molecule has 1 aliphatic rings. The van der Waals surface area contributed by atoms with Gasteiger partial charge < -0.3 is 25.6 Å². The largest absolute Gasteiger partial charge is 0.457 e. The monoisotopic (exact) mass is 472 g/mol. The molecular weight excluding hydrogens is 440 g/mol. The van der Waals surface area contributed by atoms with Crippen molar-refractivity contribution in [1.29, 1.82) is 0 Å². The number of para-hydroxylation sites is 1. The molecule has 1 unspecified atom stereocenters. The number of carbonyl (C=O) groups excluding carboxylic acids is 2. The van der Waals surface area contributed by atoms with Gasteiger partial charge in [0.15, 0.2) is 0 Å². The third kappa shape index (κ3) is 7.86. The summed E-state index contributed by atoms with van der Waals surface area (Å²) >= 11 is 0. The topological polar surface area (TPSA) is 82.7 Å². The molecule has 0 radical (unpaired) electrons. The molecule has 1 atom stereocenters. The maximum Gasteiger partial charge on any atom is 0.319 e. The Morgan fingerprint density at radius 1 is 0.829 bits per heavy atom. The van der Waals surface area contributed by atoms with Crippen molar-refractivity contribution < 1.29 is 14.3 Å². The summed E-state index contributed by atoms with van der Waals surface area (Å²) in [5.41, 5.74) is 1.59. The van der Waals surface area contributed by atoms with Gasteiger partial charge in [-0.2, -0.15) is 0 Å². The Morgan fingerprint density at radius 2 is 1.46 bits per heavy atom. The fourth-order valence-electron chi connectivity index (χ4n) is 4.08. The second-order valence-corrected chi connectivity index (χ2v) is 8.62. The number of nitrogens with zero attached hydrogens (tertiary/aromatic N) is 1. The van der Waals surface area contributed by atoms with E-state index in [1.807, 2.05) is 60.7 Å². The zero-order valence-electron chi connectivity index (χ0n) is 19.8. The van der Waals surface area contributed by atoms with Crippen LogP contribution in [-0.2, 0) is 11.2 Å². The average molecular weight is 473 g/mol. The number of carbonyl (C=O) groups is 2. The zero-order valence-corrected chi connectivity index (χ0v) is 19.8. The number of benzene rings is 3. The predicted octanol–water partition coefficient (Wildman–Crippen LogP) is 4.42. The molecule has 3 N–H and O–H groups in total. The van der Waals surface area contributed by atoms with E-state index in [9.17, 15) is 9.59 Å². The molecule has 0 saturated carbocycles. The summed E-state index contributed by atoms with van der Waals surface area (Å²) in [4.78, 5) is 28.0. The summed E-state index contributed by atoms with van der Waals surface area (Å²) in [6.07, 6.45) is 2.84. The minimum Gasteiger partial charge on any atom is -0.457 e. The van der Waals surface area contributed by atoms with E-state index in [0.29, 0.717) is 24.4 Å². The van der Waals surface area contributed by atoms with Crippen molar-refractivity contribution in [1.82, 2.24) is 15.5 Å². The first-order valence-electron chi connectivity index (χ1n) is 12.1. The van der Waals surface area contributed by atoms with Crippen molar-refractivity contribution in [2.45, 2.75) is 25.3 Å². The molecule has 0 spiro atoms. The summed E-state index contributed by atoms with van der Waals surface area (Å²) < 4.78 is 5.79. The molecule has 0 aliphatic carbocycles. The van der Waals surface area contributed by atoms with Crippen LogP contribution in [0.2, 0.25) is 0 Å². The molecule has 3 aromatic carbocycles. The summed E-state index contributed by atoms with van der Waals surface area (Å²) in [6, 6.07) is 25.2. The van der Waals surface area contributed by atoms with Crippen LogP contribution < -0.4 is 20.7 Å². The minimum absolute atomic E-state index is 0.185. The first kappa shape index (κ1) is 24.3. The third-order valence-electron chi connectivity index (χ3n) is 5.92. The SMILES string of the molecule is O=C(Nc1ccc(Oc2ccccc2)cc1)NC(Cc1ccccc1)C(=O)NCCN1CCCC1. The van der Waals surface area contributed by atoms with Gasteiger partial charge in [0.1, 0.15) is 17.5 Å². The summed E-state index contributed by atoms with van der Waals surface area (Å²) in [7, 11) is 0. The molecule has 7 nitrogen and oxygen atoms in total. The highest BCUT2D eigenvalue weighted by Gasteiger charge is 2.22. The van der Waals surface area contributed by atoms with Crippen LogP contribution in [-0.4, -0.2) is 49.1 Å². The number of urea groups is 1. The summed E-state index contributed by atoms with van der Waals surface area (Å²) in [6.45, 7) is 3.56. The standard InChI is InChI=1S/C28H32N4O3/c33-27(29-17-20-32-18-7-8-19-32)26(21-22-9-3-1-4-10-22)31-28(34)30-23-13-15-25(16-14-23)35-24-11-5-2-6-12-24/h1-6,9-16,26H,7-8,17-21H2,(H,29,33)(H2,30,31,34). The van der Waals surface area contributed by atoms with Crippen LogP contribution in [0.15, 0.2) is 84.9 Å². The van der Waals surface area contributed by atoms with E-state index in [0.717, 1.165) is 30.9 Å². The molecular formula is C28H32N4O3. The average Bonchev–Trinajstić information content (AvgIpc) is 3.40. The highest BCUT2D eigenvalue weighted by atomic mass is 16.5. The molecule has 3 aromatic rings. The Hall–Kier alpha value is -3.84. The van der Waals surface area contributed by atoms with Gasteiger partial charge in [-0.1, -0.05) is 48.5 Å². The normalized spacial score (nSPS) is 14.2. The Bertz CT molecular complexity index is 1070. The number of amides is 3. The number of rotatable bonds is 10. The van der Waals surface area contributed by atoms with Gasteiger partial charge in [0.25, 0.3) is 0 Å². The Labute approximate surface area is 206 Å². The lowest BCUT2D eigenvalue weighted by Gasteiger charge is -2.20. The van der Waals surface area contributed by atoms with Crippen LogP contribution in [0.4, 0.5) is 10.5 Å². The van der Waals surface area contributed by atoms with E-state index < -0.39 is 12.1 Å². The number of hydrogen-bond acceptors (Lipinski definition) is 4. The van der Waals surface area contributed by atoms with Gasteiger partial charge >= 0.3 is 6.03 Å². The highest BCUT2D eigenvalue weighted by Crippen LogP contribution is 2.22. The number of ether oxygens (including phenoxy) is 1. The lowest BCUT2D eigenvalue weighted by molar-refractivity contribution is -0.122. The molecule has 182 valence electrons. The molecule has 1 aliphatic heterocycles. The van der Waals surface area contributed by atoms with Gasteiger partial charge in [0.05, 0.1) is 0 Å². The van der Waals surface area contributed by atoms with Crippen molar-refractivity contribution in [3.63, 3.8) is 0 Å². The van der Waals surface area contributed by atoms with Gasteiger partial charge in [0.2, 0.25) is 5.91 Å². The maximum absolute atomic E-state index is 12.9. The first-order valence-corrected chi connectivity index (χ1v) is 12.1. The van der Waals surface area contributed by atoms with Crippen molar-refractivity contribution in [3.8, 4) is 11.5 Å². The summed E-state index contributed by atoms with van der Waals surface area (Å²) in [5.74, 6) is 1.22. The van der Waals surface area contributed by atoms with Gasteiger partial charge in [-0.15, -0.1) is 0 Å². The Balaban J connectivity index is 1.32.